The van der Waals surface area contributed by atoms with Crippen molar-refractivity contribution in [3.63, 3.8) is 0 Å². The number of pyridine rings is 1. The molecule has 0 aliphatic rings. The van der Waals surface area contributed by atoms with Crippen molar-refractivity contribution >= 4 is 14.0 Å². The number of carbonyl (C=O) groups excluding carboxylic acids is 1. The van der Waals surface area contributed by atoms with Crippen molar-refractivity contribution in [2.45, 2.75) is 26.6 Å². The van der Waals surface area contributed by atoms with Crippen LogP contribution in [0.2, 0.25) is 19.6 Å². The molecule has 5 heteroatoms. The number of ether oxygens (including phenoxy) is 1. The summed E-state index contributed by atoms with van der Waals surface area (Å²) >= 11 is 0. The van der Waals surface area contributed by atoms with Crippen molar-refractivity contribution in [1.29, 1.82) is 0 Å². The van der Waals surface area contributed by atoms with Gasteiger partial charge in [0.05, 0.1) is 7.11 Å². The van der Waals surface area contributed by atoms with Gasteiger partial charge in [0.1, 0.15) is 19.6 Å². The lowest BCUT2D eigenvalue weighted by Crippen LogP contribution is -2.16. The maximum Gasteiger partial charge on any atom is 0.356 e. The highest BCUT2D eigenvalue weighted by Gasteiger charge is 2.14. The second kappa shape index (κ2) is 6.98. The molecule has 0 spiro atoms. The minimum Gasteiger partial charge on any atom is -0.464 e. The first-order valence-corrected chi connectivity index (χ1v) is 11.1. The number of aromatic nitrogens is 1. The van der Waals surface area contributed by atoms with Gasteiger partial charge in [-0.25, -0.2) is 14.2 Å². The number of methoxy groups -OCH3 is 1. The van der Waals surface area contributed by atoms with Crippen molar-refractivity contribution in [2.24, 2.45) is 0 Å². The first-order chi connectivity index (χ1) is 11.2. The molecular formula is C19H20FNO2Si. The maximum absolute atomic E-state index is 13.8. The second-order valence-corrected chi connectivity index (χ2v) is 11.3. The molecule has 0 aliphatic carbocycles. The molecule has 0 bridgehead atoms. The molecular weight excluding hydrogens is 321 g/mol. The molecule has 1 aromatic heterocycles. The molecule has 0 unspecified atom stereocenters. The number of rotatable bonds is 2. The van der Waals surface area contributed by atoms with E-state index >= 15 is 0 Å². The molecule has 24 heavy (non-hydrogen) atoms. The highest BCUT2D eigenvalue weighted by Crippen LogP contribution is 2.26. The quantitative estimate of drug-likeness (QED) is 0.467. The fourth-order valence-corrected chi connectivity index (χ4v) is 2.66. The summed E-state index contributed by atoms with van der Waals surface area (Å²) in [5, 5.41) is 0. The Morgan fingerprint density at radius 2 is 1.92 bits per heavy atom. The summed E-state index contributed by atoms with van der Waals surface area (Å²) < 4.78 is 18.5. The van der Waals surface area contributed by atoms with Crippen LogP contribution in [-0.4, -0.2) is 26.1 Å². The van der Waals surface area contributed by atoms with Crippen LogP contribution in [-0.2, 0) is 4.74 Å². The van der Waals surface area contributed by atoms with Gasteiger partial charge in [0.2, 0.25) is 0 Å². The lowest BCUT2D eigenvalue weighted by atomic mass is 9.99. The van der Waals surface area contributed by atoms with Crippen LogP contribution in [0.25, 0.3) is 11.1 Å². The van der Waals surface area contributed by atoms with Gasteiger partial charge in [0, 0.05) is 16.8 Å². The van der Waals surface area contributed by atoms with Crippen molar-refractivity contribution in [2.75, 3.05) is 7.11 Å². The van der Waals surface area contributed by atoms with Crippen LogP contribution in [0.3, 0.4) is 0 Å². The third-order valence-electron chi connectivity index (χ3n) is 3.21. The molecule has 2 aromatic rings. The van der Waals surface area contributed by atoms with E-state index in [-0.39, 0.29) is 11.5 Å². The van der Waals surface area contributed by atoms with E-state index in [1.165, 1.54) is 19.2 Å². The van der Waals surface area contributed by atoms with Gasteiger partial charge in [-0.05, 0) is 42.8 Å². The molecule has 1 aromatic carbocycles. The summed E-state index contributed by atoms with van der Waals surface area (Å²) in [5.74, 6) is 2.30. The van der Waals surface area contributed by atoms with Crippen molar-refractivity contribution < 1.29 is 13.9 Å². The molecule has 0 radical (unpaired) electrons. The number of benzene rings is 1. The Kier molecular flexibility index (Phi) is 5.20. The number of esters is 1. The Balaban J connectivity index is 2.63. The number of halogens is 1. The summed E-state index contributed by atoms with van der Waals surface area (Å²) in [4.78, 5) is 15.9. The van der Waals surface area contributed by atoms with Crippen LogP contribution >= 0.6 is 0 Å². The second-order valence-electron chi connectivity index (χ2n) is 6.56. The fraction of sp³-hybridized carbons (Fsp3) is 0.263. The monoisotopic (exact) mass is 341 g/mol. The summed E-state index contributed by atoms with van der Waals surface area (Å²) in [6.45, 7) is 8.22. The fourth-order valence-electron chi connectivity index (χ4n) is 2.15. The van der Waals surface area contributed by atoms with Gasteiger partial charge < -0.3 is 4.74 Å². The summed E-state index contributed by atoms with van der Waals surface area (Å²) in [6, 6.07) is 7.91. The Labute approximate surface area is 142 Å². The lowest BCUT2D eigenvalue weighted by Gasteiger charge is -2.09. The molecule has 0 fully saturated rings. The number of aryl methyl sites for hydroxylation is 1. The van der Waals surface area contributed by atoms with E-state index in [1.54, 1.807) is 25.1 Å². The third kappa shape index (κ3) is 4.53. The average Bonchev–Trinajstić information content (AvgIpc) is 2.51. The third-order valence-corrected chi connectivity index (χ3v) is 4.09. The lowest BCUT2D eigenvalue weighted by molar-refractivity contribution is 0.0594. The Morgan fingerprint density at radius 3 is 2.54 bits per heavy atom. The normalized spacial score (nSPS) is 10.8. The molecule has 0 N–H and O–H groups in total. The average molecular weight is 341 g/mol. The van der Waals surface area contributed by atoms with Gasteiger partial charge in [-0.3, -0.25) is 0 Å². The van der Waals surface area contributed by atoms with Crippen LogP contribution in [0.15, 0.2) is 30.3 Å². The van der Waals surface area contributed by atoms with Gasteiger partial charge >= 0.3 is 5.97 Å². The van der Waals surface area contributed by atoms with E-state index in [0.29, 0.717) is 16.8 Å². The smallest absolute Gasteiger partial charge is 0.356 e. The Bertz CT molecular complexity index is 845. The number of nitrogens with zero attached hydrogens (tertiary/aromatic N) is 1. The molecule has 0 atom stereocenters. The van der Waals surface area contributed by atoms with Gasteiger partial charge in [-0.1, -0.05) is 25.6 Å². The van der Waals surface area contributed by atoms with Crippen LogP contribution in [0, 0.1) is 24.2 Å². The SMILES string of the molecule is COC(=O)c1cc(-c2cc(F)ccc2C#C[Si](C)(C)C)cc(C)n1. The zero-order valence-corrected chi connectivity index (χ0v) is 15.5. The van der Waals surface area contributed by atoms with E-state index in [4.69, 9.17) is 4.74 Å². The number of hydrogen-bond acceptors (Lipinski definition) is 3. The van der Waals surface area contributed by atoms with Crippen molar-refractivity contribution in [1.82, 2.24) is 4.98 Å². The Morgan fingerprint density at radius 1 is 1.21 bits per heavy atom. The van der Waals surface area contributed by atoms with E-state index in [2.05, 4.69) is 36.1 Å². The van der Waals surface area contributed by atoms with E-state index in [0.717, 1.165) is 5.56 Å². The predicted octanol–water partition coefficient (Wildman–Crippen LogP) is 4.21. The van der Waals surface area contributed by atoms with Gasteiger partial charge in [-0.2, -0.15) is 0 Å². The van der Waals surface area contributed by atoms with Crippen LogP contribution in [0.5, 0.6) is 0 Å². The zero-order valence-electron chi connectivity index (χ0n) is 14.5. The molecule has 3 nitrogen and oxygen atoms in total. The van der Waals surface area contributed by atoms with Crippen LogP contribution in [0.4, 0.5) is 4.39 Å². The van der Waals surface area contributed by atoms with E-state index in [1.807, 2.05) is 0 Å². The van der Waals surface area contributed by atoms with Crippen LogP contribution < -0.4 is 0 Å². The Hall–Kier alpha value is -2.45. The standard InChI is InChI=1S/C19H20FNO2Si/c1-13-10-15(11-18(21-13)19(22)23-2)17-12-16(20)7-6-14(17)8-9-24(3,4)5/h6-7,10-12H,1-5H3. The summed E-state index contributed by atoms with van der Waals surface area (Å²) in [7, 11) is -0.260. The molecule has 0 saturated carbocycles. The van der Waals surface area contributed by atoms with Gasteiger partial charge in [0.15, 0.2) is 0 Å². The molecule has 1 heterocycles. The highest BCUT2D eigenvalue weighted by molar-refractivity contribution is 6.83. The van der Waals surface area contributed by atoms with Crippen molar-refractivity contribution in [3.05, 3.63) is 53.1 Å². The summed E-state index contributed by atoms with van der Waals surface area (Å²) in [5.41, 5.74) is 6.22. The largest absolute Gasteiger partial charge is 0.464 e. The summed E-state index contributed by atoms with van der Waals surface area (Å²) in [6.07, 6.45) is 0. The molecule has 0 aliphatic heterocycles. The molecule has 0 amide bonds. The van der Waals surface area contributed by atoms with Crippen LogP contribution in [0.1, 0.15) is 21.7 Å². The van der Waals surface area contributed by atoms with Gasteiger partial charge in [0.25, 0.3) is 0 Å². The minimum atomic E-state index is -1.56. The predicted molar refractivity (Wildman–Crippen MR) is 95.9 cm³/mol. The van der Waals surface area contributed by atoms with Gasteiger partial charge in [-0.15, -0.1) is 5.54 Å². The molecule has 0 saturated heterocycles. The maximum atomic E-state index is 13.8. The first-order valence-electron chi connectivity index (χ1n) is 7.60. The zero-order chi connectivity index (χ0) is 17.9. The topological polar surface area (TPSA) is 39.2 Å². The highest BCUT2D eigenvalue weighted by atomic mass is 28.3. The number of carbonyl (C=O) groups is 1. The minimum absolute atomic E-state index is 0.195. The molecule has 2 rings (SSSR count). The first kappa shape index (κ1) is 17.9. The number of hydrogen-bond donors (Lipinski definition) is 0. The molecule has 124 valence electrons. The van der Waals surface area contributed by atoms with E-state index in [9.17, 15) is 9.18 Å². The van der Waals surface area contributed by atoms with Crippen molar-refractivity contribution in [3.8, 4) is 22.6 Å². The van der Waals surface area contributed by atoms with E-state index < -0.39 is 14.0 Å².